The van der Waals surface area contributed by atoms with Crippen molar-refractivity contribution < 1.29 is 0 Å². The van der Waals surface area contributed by atoms with Crippen LogP contribution in [-0.4, -0.2) is 13.0 Å². The van der Waals surface area contributed by atoms with Gasteiger partial charge in [0, 0.05) is 0 Å². The van der Waals surface area contributed by atoms with Crippen molar-refractivity contribution in [3.8, 4) is 0 Å². The van der Waals surface area contributed by atoms with Crippen LogP contribution in [0, 0.1) is 20.8 Å². The van der Waals surface area contributed by atoms with E-state index in [1.807, 2.05) is 0 Å². The fourth-order valence-electron chi connectivity index (χ4n) is 7.02. The van der Waals surface area contributed by atoms with E-state index in [-0.39, 0.29) is 6.04 Å². The minimum atomic E-state index is 0.247. The number of allylic oxidation sites excluding steroid dienone is 11. The zero-order chi connectivity index (χ0) is 31.5. The van der Waals surface area contributed by atoms with E-state index in [1.165, 1.54) is 72.9 Å². The van der Waals surface area contributed by atoms with Crippen molar-refractivity contribution in [2.75, 3.05) is 9.80 Å². The van der Waals surface area contributed by atoms with Crippen LogP contribution in [-0.2, 0) is 0 Å². The fourth-order valence-corrected chi connectivity index (χ4v) is 7.02. The maximum atomic E-state index is 2.51. The summed E-state index contributed by atoms with van der Waals surface area (Å²) in [7, 11) is 0. The Bertz CT molecular complexity index is 1780. The predicted octanol–water partition coefficient (Wildman–Crippen LogP) is 11.0. The van der Waals surface area contributed by atoms with Crippen LogP contribution in [0.2, 0.25) is 0 Å². The van der Waals surface area contributed by atoms with Gasteiger partial charge in [-0.25, -0.2) is 0 Å². The minimum absolute atomic E-state index is 0.247. The van der Waals surface area contributed by atoms with Crippen molar-refractivity contribution in [1.82, 2.24) is 0 Å². The normalized spacial score (nSPS) is 18.3. The van der Waals surface area contributed by atoms with Gasteiger partial charge in [0.15, 0.2) is 0 Å². The molecule has 0 spiro atoms. The first-order valence-electron chi connectivity index (χ1n) is 16.4. The van der Waals surface area contributed by atoms with E-state index in [9.17, 15) is 0 Å². The number of nitrogens with zero attached hydrogens (tertiary/aromatic N) is 2. The standard InChI is InChI=1S/C42H45BN2/c1-29-11-7-14-35(23-29)44(36-15-8-12-30(2)24-36)39-19-20-41(34(6)28-39)40-18-10-17-38(27-33(40)5)45(37-16-9-13-31(3)25-37)42-26-32(4)21-22-43-42/h7-8,10-15,17,20-28,39H,9,16,18-19H2,1-6H3. The van der Waals surface area contributed by atoms with Gasteiger partial charge in [0.2, 0.25) is 0 Å². The molecule has 0 bridgehead atoms. The van der Waals surface area contributed by atoms with E-state index >= 15 is 0 Å². The van der Waals surface area contributed by atoms with Gasteiger partial charge in [-0.3, -0.25) is 0 Å². The first-order valence-corrected chi connectivity index (χ1v) is 16.4. The summed E-state index contributed by atoms with van der Waals surface area (Å²) in [6, 6.07) is 22.5. The molecule has 0 radical (unpaired) electrons. The molecule has 3 heteroatoms. The Morgan fingerprint density at radius 2 is 1.49 bits per heavy atom. The molecule has 0 amide bonds. The van der Waals surface area contributed by atoms with Crippen LogP contribution in [0.1, 0.15) is 63.1 Å². The summed E-state index contributed by atoms with van der Waals surface area (Å²) >= 11 is 0. The second kappa shape index (κ2) is 13.3. The second-order valence-corrected chi connectivity index (χ2v) is 13.0. The molecule has 226 valence electrons. The summed E-state index contributed by atoms with van der Waals surface area (Å²) in [5, 5.41) is 0. The molecule has 2 aromatic carbocycles. The quantitative estimate of drug-likeness (QED) is 0.271. The first-order chi connectivity index (χ1) is 21.8. The third-order valence-corrected chi connectivity index (χ3v) is 9.16. The third kappa shape index (κ3) is 6.83. The molecule has 3 aromatic rings. The molecule has 0 N–H and O–H groups in total. The van der Waals surface area contributed by atoms with Crippen LogP contribution < -0.4 is 9.80 Å². The third-order valence-electron chi connectivity index (χ3n) is 9.16. The molecule has 1 heterocycles. The Balaban J connectivity index is 1.35. The topological polar surface area (TPSA) is 6.48 Å². The molecule has 3 aliphatic carbocycles. The Labute approximate surface area is 271 Å². The van der Waals surface area contributed by atoms with Gasteiger partial charge < -0.3 is 0 Å². The molecule has 2 nitrogen and oxygen atoms in total. The van der Waals surface area contributed by atoms with Crippen LogP contribution >= 0.6 is 0 Å². The average Bonchev–Trinajstić information content (AvgIpc) is 3.19. The number of hydrogen-bond acceptors (Lipinski definition) is 2. The van der Waals surface area contributed by atoms with Crippen LogP contribution in [0.15, 0.2) is 148 Å². The van der Waals surface area contributed by atoms with Crippen molar-refractivity contribution in [2.45, 2.75) is 73.3 Å². The summed E-state index contributed by atoms with van der Waals surface area (Å²) in [4.78, 5) is 4.99. The summed E-state index contributed by atoms with van der Waals surface area (Å²) in [5.74, 6) is 2.17. The Kier molecular flexibility index (Phi) is 9.08. The molecule has 3 aliphatic rings. The van der Waals surface area contributed by atoms with Crippen molar-refractivity contribution >= 4 is 23.9 Å². The molecule has 6 rings (SSSR count). The van der Waals surface area contributed by atoms with Gasteiger partial charge in [-0.05, 0) is 49.2 Å². The first kappa shape index (κ1) is 30.7. The number of benzene rings is 2. The molecule has 0 saturated carbocycles. The van der Waals surface area contributed by atoms with E-state index in [0.29, 0.717) is 0 Å². The Hall–Kier alpha value is -4.37. The van der Waals surface area contributed by atoms with Crippen LogP contribution in [0.4, 0.5) is 17.0 Å². The van der Waals surface area contributed by atoms with Crippen molar-refractivity contribution in [3.63, 3.8) is 0 Å². The van der Waals surface area contributed by atoms with Gasteiger partial charge in [0.25, 0.3) is 0 Å². The number of hydrogen-bond donors (Lipinski definition) is 0. The van der Waals surface area contributed by atoms with Gasteiger partial charge >= 0.3 is 199 Å². The van der Waals surface area contributed by atoms with Crippen LogP contribution in [0.3, 0.4) is 0 Å². The van der Waals surface area contributed by atoms with Crippen molar-refractivity contribution in [3.05, 3.63) is 165 Å². The molecular formula is C42H45BN2. The number of aryl methyl sites for hydroxylation is 3. The van der Waals surface area contributed by atoms with Crippen LogP contribution in [0.25, 0.3) is 0 Å². The summed E-state index contributed by atoms with van der Waals surface area (Å²) in [6.45, 7) is 15.6. The van der Waals surface area contributed by atoms with Gasteiger partial charge in [0.05, 0.1) is 0 Å². The summed E-state index contributed by atoms with van der Waals surface area (Å²) in [5.41, 5.74) is 17.0. The van der Waals surface area contributed by atoms with E-state index in [1.54, 1.807) is 0 Å². The molecular weight excluding hydrogens is 543 g/mol. The molecule has 0 fully saturated rings. The molecule has 0 aliphatic heterocycles. The number of rotatable bonds is 7. The maximum absolute atomic E-state index is 2.51. The van der Waals surface area contributed by atoms with E-state index < -0.39 is 0 Å². The molecule has 1 aromatic heterocycles. The zero-order valence-electron chi connectivity index (χ0n) is 27.8. The Morgan fingerprint density at radius 1 is 0.778 bits per heavy atom. The van der Waals surface area contributed by atoms with Gasteiger partial charge in [0.1, 0.15) is 0 Å². The monoisotopic (exact) mass is 588 g/mol. The average molecular weight is 589 g/mol. The number of anilines is 3. The molecule has 0 saturated heterocycles. The van der Waals surface area contributed by atoms with Gasteiger partial charge in [-0.1, -0.05) is 24.3 Å². The Morgan fingerprint density at radius 3 is 2.13 bits per heavy atom. The van der Waals surface area contributed by atoms with Crippen molar-refractivity contribution in [2.24, 2.45) is 0 Å². The molecule has 45 heavy (non-hydrogen) atoms. The van der Waals surface area contributed by atoms with Gasteiger partial charge in [-0.2, -0.15) is 0 Å². The second-order valence-electron chi connectivity index (χ2n) is 13.0. The van der Waals surface area contributed by atoms with E-state index in [4.69, 9.17) is 0 Å². The predicted molar refractivity (Wildman–Crippen MR) is 195 cm³/mol. The van der Waals surface area contributed by atoms with E-state index in [2.05, 4.69) is 167 Å². The van der Waals surface area contributed by atoms with Gasteiger partial charge in [-0.15, -0.1) is 0 Å². The summed E-state index contributed by atoms with van der Waals surface area (Å²) in [6.07, 6.45) is 20.8. The molecule has 1 unspecified atom stereocenters. The van der Waals surface area contributed by atoms with Crippen molar-refractivity contribution in [1.29, 1.82) is 0 Å². The molecule has 1 atom stereocenters. The summed E-state index contributed by atoms with van der Waals surface area (Å²) < 4.78 is 0. The zero-order valence-corrected chi connectivity index (χ0v) is 27.8. The fraction of sp³-hybridized carbons (Fsp3) is 0.262. The van der Waals surface area contributed by atoms with Crippen LogP contribution in [0.5, 0.6) is 0 Å². The van der Waals surface area contributed by atoms with E-state index in [0.717, 1.165) is 25.7 Å². The SMILES string of the molecule is CC1=CCCC(N(C2=CC(C)=C(C3=CCC(N(c4cccc(C)c4)c4cccc(C)c4)C=C3C)CC=C2)c2bccc(C)c2)=C1.